The van der Waals surface area contributed by atoms with Gasteiger partial charge in [0.1, 0.15) is 0 Å². The van der Waals surface area contributed by atoms with E-state index in [9.17, 15) is 0 Å². The molecule has 1 aliphatic heterocycles. The van der Waals surface area contributed by atoms with E-state index in [2.05, 4.69) is 35.8 Å². The van der Waals surface area contributed by atoms with Crippen molar-refractivity contribution in [3.05, 3.63) is 59.2 Å². The van der Waals surface area contributed by atoms with Gasteiger partial charge in [0, 0.05) is 19.7 Å². The molecule has 2 N–H and O–H groups in total. The summed E-state index contributed by atoms with van der Waals surface area (Å²) in [5.41, 5.74) is 3.38. The Morgan fingerprint density at radius 1 is 0.933 bits per heavy atom. The number of rotatable bonds is 11. The third kappa shape index (κ3) is 6.93. The fourth-order valence-corrected chi connectivity index (χ4v) is 3.02. The molecule has 0 saturated heterocycles. The number of ether oxygens (including phenoxy) is 4. The van der Waals surface area contributed by atoms with Crippen molar-refractivity contribution in [2.75, 3.05) is 33.2 Å². The van der Waals surface area contributed by atoms with Gasteiger partial charge in [0.15, 0.2) is 17.5 Å². The zero-order chi connectivity index (χ0) is 21.0. The van der Waals surface area contributed by atoms with Crippen LogP contribution in [0.3, 0.4) is 0 Å². The van der Waals surface area contributed by atoms with Gasteiger partial charge in [-0.05, 0) is 42.7 Å². The Bertz CT molecular complexity index is 826. The van der Waals surface area contributed by atoms with Crippen molar-refractivity contribution in [1.29, 1.82) is 0 Å². The lowest BCUT2D eigenvalue weighted by Gasteiger charge is -2.12. The molecule has 7 nitrogen and oxygen atoms in total. The molecule has 0 aliphatic carbocycles. The second-order valence-electron chi connectivity index (χ2n) is 6.81. The number of hydrogen-bond donors (Lipinski definition) is 2. The summed E-state index contributed by atoms with van der Waals surface area (Å²) in [7, 11) is 0. The predicted octanol–water partition coefficient (Wildman–Crippen LogP) is 3.22. The highest BCUT2D eigenvalue weighted by Gasteiger charge is 2.13. The molecule has 1 heterocycles. The molecule has 2 aromatic carbocycles. The van der Waals surface area contributed by atoms with Gasteiger partial charge in [-0.1, -0.05) is 30.3 Å². The fraction of sp³-hybridized carbons (Fsp3) is 0.435. The molecule has 0 fully saturated rings. The van der Waals surface area contributed by atoms with Gasteiger partial charge >= 0.3 is 0 Å². The maximum absolute atomic E-state index is 5.66. The predicted molar refractivity (Wildman–Crippen MR) is 117 cm³/mol. The zero-order valence-corrected chi connectivity index (χ0v) is 17.8. The quantitative estimate of drug-likeness (QED) is 0.335. The van der Waals surface area contributed by atoms with Crippen LogP contribution < -0.4 is 20.1 Å². The molecule has 0 saturated carbocycles. The van der Waals surface area contributed by atoms with Crippen LogP contribution in [0.2, 0.25) is 0 Å². The molecule has 0 bridgehead atoms. The number of nitrogens with one attached hydrogen (secondary N) is 2. The van der Waals surface area contributed by atoms with E-state index in [1.54, 1.807) is 0 Å². The summed E-state index contributed by atoms with van der Waals surface area (Å²) in [5, 5.41) is 6.66. The van der Waals surface area contributed by atoms with E-state index in [0.29, 0.717) is 39.5 Å². The summed E-state index contributed by atoms with van der Waals surface area (Å²) in [4.78, 5) is 4.71. The van der Waals surface area contributed by atoms with Gasteiger partial charge in [-0.15, -0.1) is 0 Å². The lowest BCUT2D eigenvalue weighted by Crippen LogP contribution is -2.36. The summed E-state index contributed by atoms with van der Waals surface area (Å²) >= 11 is 0. The van der Waals surface area contributed by atoms with Gasteiger partial charge in [-0.2, -0.15) is 0 Å². The van der Waals surface area contributed by atoms with Crippen LogP contribution in [-0.4, -0.2) is 39.1 Å². The number of hydrogen-bond acceptors (Lipinski definition) is 5. The van der Waals surface area contributed by atoms with Crippen LogP contribution in [-0.2, 0) is 29.2 Å². The van der Waals surface area contributed by atoms with Crippen LogP contribution >= 0.6 is 0 Å². The summed E-state index contributed by atoms with van der Waals surface area (Å²) < 4.78 is 21.8. The van der Waals surface area contributed by atoms with E-state index < -0.39 is 0 Å². The van der Waals surface area contributed by atoms with E-state index in [1.165, 1.54) is 0 Å². The lowest BCUT2D eigenvalue weighted by atomic mass is 10.1. The van der Waals surface area contributed by atoms with Crippen LogP contribution in [0.15, 0.2) is 47.5 Å². The van der Waals surface area contributed by atoms with Gasteiger partial charge in [0.2, 0.25) is 6.79 Å². The number of benzene rings is 2. The van der Waals surface area contributed by atoms with Gasteiger partial charge in [0.25, 0.3) is 0 Å². The monoisotopic (exact) mass is 413 g/mol. The molecule has 0 aromatic heterocycles. The van der Waals surface area contributed by atoms with Gasteiger partial charge in [-0.3, -0.25) is 0 Å². The second-order valence-corrected chi connectivity index (χ2v) is 6.81. The summed E-state index contributed by atoms with van der Waals surface area (Å²) in [5.74, 6) is 2.35. The Hall–Kier alpha value is -2.77. The van der Waals surface area contributed by atoms with E-state index in [1.807, 2.05) is 31.2 Å². The van der Waals surface area contributed by atoms with Crippen molar-refractivity contribution in [3.8, 4) is 11.5 Å². The Balaban J connectivity index is 1.52. The molecule has 3 rings (SSSR count). The molecule has 0 spiro atoms. The molecule has 1 aliphatic rings. The van der Waals surface area contributed by atoms with Crippen LogP contribution in [0.25, 0.3) is 0 Å². The largest absolute Gasteiger partial charge is 0.454 e. The maximum atomic E-state index is 5.66. The van der Waals surface area contributed by atoms with Crippen molar-refractivity contribution >= 4 is 5.96 Å². The second kappa shape index (κ2) is 12.0. The average Bonchev–Trinajstić information content (AvgIpc) is 3.24. The number of nitrogens with zero attached hydrogens (tertiary/aromatic N) is 1. The van der Waals surface area contributed by atoms with Gasteiger partial charge in [-0.25, -0.2) is 4.99 Å². The first-order valence-electron chi connectivity index (χ1n) is 10.4. The Morgan fingerprint density at radius 3 is 2.63 bits per heavy atom. The van der Waals surface area contributed by atoms with E-state index in [0.717, 1.165) is 40.7 Å². The van der Waals surface area contributed by atoms with E-state index in [4.69, 9.17) is 23.9 Å². The topological polar surface area (TPSA) is 73.3 Å². The number of aliphatic imine (C=N–C) groups is 1. The van der Waals surface area contributed by atoms with Crippen LogP contribution in [0.1, 0.15) is 30.5 Å². The Labute approximate surface area is 178 Å². The molecule has 0 unspecified atom stereocenters. The van der Waals surface area contributed by atoms with Crippen molar-refractivity contribution in [3.63, 3.8) is 0 Å². The third-order valence-electron chi connectivity index (χ3n) is 4.50. The SMILES string of the molecule is CCNC(=NCc1cccc(COCCOCC)c1)NCc1ccc2c(c1)OCO2. The Kier molecular flexibility index (Phi) is 8.80. The molecule has 0 radical (unpaired) electrons. The first-order chi connectivity index (χ1) is 14.8. The third-order valence-corrected chi connectivity index (χ3v) is 4.50. The highest BCUT2D eigenvalue weighted by Crippen LogP contribution is 2.32. The van der Waals surface area contributed by atoms with Crippen LogP contribution in [0.5, 0.6) is 11.5 Å². The summed E-state index contributed by atoms with van der Waals surface area (Å²) in [6, 6.07) is 14.3. The lowest BCUT2D eigenvalue weighted by molar-refractivity contribution is 0.0453. The van der Waals surface area contributed by atoms with Crippen molar-refractivity contribution < 1.29 is 18.9 Å². The normalized spacial score (nSPS) is 12.8. The van der Waals surface area contributed by atoms with Gasteiger partial charge < -0.3 is 29.6 Å². The molecule has 30 heavy (non-hydrogen) atoms. The molecular weight excluding hydrogens is 382 g/mol. The van der Waals surface area contributed by atoms with Crippen LogP contribution in [0, 0.1) is 0 Å². The first kappa shape index (κ1) is 21.9. The van der Waals surface area contributed by atoms with Crippen molar-refractivity contribution in [1.82, 2.24) is 10.6 Å². The fourth-order valence-electron chi connectivity index (χ4n) is 3.02. The van der Waals surface area contributed by atoms with Crippen molar-refractivity contribution in [2.24, 2.45) is 4.99 Å². The summed E-state index contributed by atoms with van der Waals surface area (Å²) in [6.45, 7) is 8.87. The number of fused-ring (bicyclic) bond motifs is 1. The highest BCUT2D eigenvalue weighted by molar-refractivity contribution is 5.79. The molecule has 7 heteroatoms. The minimum Gasteiger partial charge on any atom is -0.454 e. The molecule has 2 aromatic rings. The molecular formula is C23H31N3O4. The van der Waals surface area contributed by atoms with Gasteiger partial charge in [0.05, 0.1) is 26.4 Å². The van der Waals surface area contributed by atoms with E-state index >= 15 is 0 Å². The number of guanidine groups is 1. The molecule has 0 atom stereocenters. The zero-order valence-electron chi connectivity index (χ0n) is 17.8. The van der Waals surface area contributed by atoms with Crippen LogP contribution in [0.4, 0.5) is 0 Å². The maximum Gasteiger partial charge on any atom is 0.231 e. The van der Waals surface area contributed by atoms with E-state index in [-0.39, 0.29) is 6.79 Å². The smallest absolute Gasteiger partial charge is 0.231 e. The minimum absolute atomic E-state index is 0.285. The minimum atomic E-state index is 0.285. The Morgan fingerprint density at radius 2 is 1.77 bits per heavy atom. The molecule has 162 valence electrons. The average molecular weight is 414 g/mol. The highest BCUT2D eigenvalue weighted by atomic mass is 16.7. The standard InChI is InChI=1S/C23H31N3O4/c1-3-24-23(26-15-19-8-9-21-22(13-19)30-17-29-21)25-14-18-6-5-7-20(12-18)16-28-11-10-27-4-2/h5-9,12-13H,3-4,10-11,14-17H2,1-2H3,(H2,24,25,26). The van der Waals surface area contributed by atoms with Crippen molar-refractivity contribution in [2.45, 2.75) is 33.5 Å². The molecule has 0 amide bonds. The first-order valence-corrected chi connectivity index (χ1v) is 10.4. The summed E-state index contributed by atoms with van der Waals surface area (Å²) in [6.07, 6.45) is 0.